The zero-order valence-electron chi connectivity index (χ0n) is 11.5. The minimum absolute atomic E-state index is 0.402. The fourth-order valence-electron chi connectivity index (χ4n) is 1.73. The largest absolute Gasteiger partial charge is 0.400 e. The Labute approximate surface area is 132 Å². The van der Waals surface area contributed by atoms with E-state index in [0.717, 1.165) is 24.6 Å². The number of aldehydes is 1. The molecule has 1 atom stereocenters. The van der Waals surface area contributed by atoms with Crippen LogP contribution >= 0.6 is 15.9 Å². The summed E-state index contributed by atoms with van der Waals surface area (Å²) in [5.41, 5.74) is 2.25. The van der Waals surface area contributed by atoms with Gasteiger partial charge in [-0.2, -0.15) is 5.26 Å². The van der Waals surface area contributed by atoms with Crippen LogP contribution in [-0.2, 0) is 4.79 Å². The van der Waals surface area contributed by atoms with E-state index in [1.54, 1.807) is 18.2 Å². The van der Waals surface area contributed by atoms with Gasteiger partial charge >= 0.3 is 0 Å². The molecule has 0 radical (unpaired) electrons. The number of halogens is 1. The van der Waals surface area contributed by atoms with Crippen molar-refractivity contribution >= 4 is 27.9 Å². The summed E-state index contributed by atoms with van der Waals surface area (Å²) >= 11 is 3.32. The number of hydrogen-bond donors (Lipinski definition) is 2. The summed E-state index contributed by atoms with van der Waals surface area (Å²) in [4.78, 5) is 11.2. The molecule has 0 unspecified atom stereocenters. The molecule has 21 heavy (non-hydrogen) atoms. The molecule has 0 fully saturated rings. The first kappa shape index (κ1) is 16.9. The van der Waals surface area contributed by atoms with E-state index < -0.39 is 6.04 Å². The van der Waals surface area contributed by atoms with E-state index in [9.17, 15) is 4.79 Å². The average Bonchev–Trinajstić information content (AvgIpc) is 2.55. The predicted octanol–water partition coefficient (Wildman–Crippen LogP) is 3.28. The van der Waals surface area contributed by atoms with Crippen molar-refractivity contribution in [1.82, 2.24) is 0 Å². The number of carbonyl (C=O) groups excluding carboxylic acids is 1. The normalized spacial score (nSPS) is 10.6. The molecule has 0 aliphatic heterocycles. The first-order valence-electron chi connectivity index (χ1n) is 6.15. The van der Waals surface area contributed by atoms with Crippen LogP contribution in [0.15, 0.2) is 53.0 Å². The van der Waals surface area contributed by atoms with Gasteiger partial charge in [-0.05, 0) is 39.7 Å². The summed E-state index contributed by atoms with van der Waals surface area (Å²) in [6, 6.07) is 16.4. The molecular weight excluding hydrogens is 332 g/mol. The predicted molar refractivity (Wildman–Crippen MR) is 85.9 cm³/mol. The third kappa shape index (κ3) is 4.71. The Morgan fingerprint density at radius 2 is 1.90 bits per heavy atom. The lowest BCUT2D eigenvalue weighted by Crippen LogP contribution is -2.11. The topological polar surface area (TPSA) is 73.1 Å². The standard InChI is InChI=1S/C15H11BrN2O.CH4O/c16-14-8-13(7-6-12(14)9-17)18-15(10-19)11-4-2-1-3-5-11;1-2/h1-8,10,15,18H;2H,1H3/t15-;/m0./s1. The second-order valence-corrected chi connectivity index (χ2v) is 4.83. The quantitative estimate of drug-likeness (QED) is 0.833. The SMILES string of the molecule is CO.N#Cc1ccc(N[C@@H](C=O)c2ccccc2)cc1Br. The number of nitrogens with zero attached hydrogens (tertiary/aromatic N) is 1. The van der Waals surface area contributed by atoms with Gasteiger partial charge in [0.25, 0.3) is 0 Å². The van der Waals surface area contributed by atoms with Gasteiger partial charge in [-0.25, -0.2) is 0 Å². The monoisotopic (exact) mass is 346 g/mol. The van der Waals surface area contributed by atoms with E-state index in [2.05, 4.69) is 27.3 Å². The van der Waals surface area contributed by atoms with Gasteiger partial charge in [0.2, 0.25) is 0 Å². The van der Waals surface area contributed by atoms with Crippen LogP contribution < -0.4 is 5.32 Å². The Hall–Kier alpha value is -2.16. The maximum Gasteiger partial charge on any atom is 0.146 e. The second-order valence-electron chi connectivity index (χ2n) is 3.98. The zero-order valence-corrected chi connectivity index (χ0v) is 13.0. The molecule has 2 rings (SSSR count). The fraction of sp³-hybridized carbons (Fsp3) is 0.125. The van der Waals surface area contributed by atoms with Crippen LogP contribution in [-0.4, -0.2) is 18.5 Å². The van der Waals surface area contributed by atoms with Crippen LogP contribution in [0.4, 0.5) is 5.69 Å². The number of nitriles is 1. The van der Waals surface area contributed by atoms with Crippen molar-refractivity contribution < 1.29 is 9.90 Å². The fourth-order valence-corrected chi connectivity index (χ4v) is 2.20. The van der Waals surface area contributed by atoms with E-state index >= 15 is 0 Å². The molecule has 2 aromatic carbocycles. The molecule has 2 N–H and O–H groups in total. The molecule has 0 aromatic heterocycles. The number of nitrogens with one attached hydrogen (secondary N) is 1. The van der Waals surface area contributed by atoms with Gasteiger partial charge < -0.3 is 15.2 Å². The summed E-state index contributed by atoms with van der Waals surface area (Å²) in [6.07, 6.45) is 0.863. The summed E-state index contributed by atoms with van der Waals surface area (Å²) < 4.78 is 0.706. The van der Waals surface area contributed by atoms with E-state index in [1.165, 1.54) is 0 Å². The molecule has 0 saturated heterocycles. The maximum absolute atomic E-state index is 11.2. The summed E-state index contributed by atoms with van der Waals surface area (Å²) in [5.74, 6) is 0. The van der Waals surface area contributed by atoms with Crippen LogP contribution in [0.3, 0.4) is 0 Å². The summed E-state index contributed by atoms with van der Waals surface area (Å²) in [7, 11) is 1.00. The number of hydrogen-bond acceptors (Lipinski definition) is 4. The number of rotatable bonds is 4. The highest BCUT2D eigenvalue weighted by molar-refractivity contribution is 9.10. The molecule has 0 amide bonds. The number of anilines is 1. The molecule has 2 aromatic rings. The Morgan fingerprint density at radius 3 is 2.43 bits per heavy atom. The molecule has 0 heterocycles. The van der Waals surface area contributed by atoms with E-state index in [1.807, 2.05) is 30.3 Å². The van der Waals surface area contributed by atoms with Crippen molar-refractivity contribution in [2.75, 3.05) is 12.4 Å². The number of benzene rings is 2. The number of aliphatic hydroxyl groups excluding tert-OH is 1. The lowest BCUT2D eigenvalue weighted by atomic mass is 10.1. The van der Waals surface area contributed by atoms with Crippen LogP contribution in [0.2, 0.25) is 0 Å². The Morgan fingerprint density at radius 1 is 1.24 bits per heavy atom. The van der Waals surface area contributed by atoms with Gasteiger partial charge in [0.1, 0.15) is 18.4 Å². The molecule has 0 saturated carbocycles. The van der Waals surface area contributed by atoms with E-state index in [-0.39, 0.29) is 0 Å². The van der Waals surface area contributed by atoms with E-state index in [0.29, 0.717) is 10.0 Å². The molecule has 4 nitrogen and oxygen atoms in total. The van der Waals surface area contributed by atoms with Gasteiger partial charge in [-0.3, -0.25) is 0 Å². The minimum atomic E-state index is -0.402. The lowest BCUT2D eigenvalue weighted by molar-refractivity contribution is -0.108. The van der Waals surface area contributed by atoms with Crippen LogP contribution in [0, 0.1) is 11.3 Å². The third-order valence-corrected chi connectivity index (χ3v) is 3.36. The first-order valence-corrected chi connectivity index (χ1v) is 6.95. The minimum Gasteiger partial charge on any atom is -0.400 e. The Balaban J connectivity index is 0.00000106. The van der Waals surface area contributed by atoms with Crippen molar-refractivity contribution in [3.8, 4) is 6.07 Å². The van der Waals surface area contributed by atoms with E-state index in [4.69, 9.17) is 10.4 Å². The number of carbonyl (C=O) groups is 1. The number of aliphatic hydroxyl groups is 1. The zero-order chi connectivity index (χ0) is 15.7. The molecule has 0 spiro atoms. The van der Waals surface area contributed by atoms with Gasteiger partial charge in [0.05, 0.1) is 5.56 Å². The van der Waals surface area contributed by atoms with Crippen LogP contribution in [0.5, 0.6) is 0 Å². The molecule has 108 valence electrons. The lowest BCUT2D eigenvalue weighted by Gasteiger charge is -2.14. The highest BCUT2D eigenvalue weighted by Gasteiger charge is 2.10. The smallest absolute Gasteiger partial charge is 0.146 e. The third-order valence-electron chi connectivity index (χ3n) is 2.71. The Bertz CT molecular complexity index is 624. The van der Waals surface area contributed by atoms with Gasteiger partial charge in [-0.1, -0.05) is 30.3 Å². The molecular formula is C16H15BrN2O2. The van der Waals surface area contributed by atoms with Gasteiger partial charge in [-0.15, -0.1) is 0 Å². The summed E-state index contributed by atoms with van der Waals surface area (Å²) in [6.45, 7) is 0. The highest BCUT2D eigenvalue weighted by atomic mass is 79.9. The van der Waals surface area contributed by atoms with Crippen LogP contribution in [0.25, 0.3) is 0 Å². The van der Waals surface area contributed by atoms with Crippen molar-refractivity contribution in [1.29, 1.82) is 5.26 Å². The van der Waals surface area contributed by atoms with Crippen LogP contribution in [0.1, 0.15) is 17.2 Å². The van der Waals surface area contributed by atoms with Crippen molar-refractivity contribution in [3.63, 3.8) is 0 Å². The maximum atomic E-state index is 11.2. The summed E-state index contributed by atoms with van der Waals surface area (Å²) in [5, 5.41) is 19.0. The van der Waals surface area contributed by atoms with Crippen molar-refractivity contribution in [2.24, 2.45) is 0 Å². The Kier molecular flexibility index (Phi) is 7.16. The highest BCUT2D eigenvalue weighted by Crippen LogP contribution is 2.24. The average molecular weight is 347 g/mol. The molecule has 0 aliphatic rings. The molecule has 5 heteroatoms. The van der Waals surface area contributed by atoms with Crippen molar-refractivity contribution in [3.05, 3.63) is 64.1 Å². The van der Waals surface area contributed by atoms with Gasteiger partial charge in [0.15, 0.2) is 0 Å². The molecule has 0 aliphatic carbocycles. The second kappa shape index (κ2) is 8.90. The molecule has 0 bridgehead atoms. The van der Waals surface area contributed by atoms with Crippen molar-refractivity contribution in [2.45, 2.75) is 6.04 Å². The first-order chi connectivity index (χ1) is 10.2. The van der Waals surface area contributed by atoms with Gasteiger partial charge in [0, 0.05) is 17.3 Å².